The quantitative estimate of drug-likeness (QED) is 0.370. The van der Waals surface area contributed by atoms with Crippen molar-refractivity contribution in [3.8, 4) is 11.3 Å². The third-order valence-corrected chi connectivity index (χ3v) is 7.08. The molecule has 0 saturated carbocycles. The van der Waals surface area contributed by atoms with Crippen LogP contribution in [-0.2, 0) is 0 Å². The molecule has 8 nitrogen and oxygen atoms in total. The smallest absolute Gasteiger partial charge is 0.253 e. The molecule has 0 spiro atoms. The highest BCUT2D eigenvalue weighted by Gasteiger charge is 2.31. The van der Waals surface area contributed by atoms with Crippen molar-refractivity contribution in [1.29, 1.82) is 0 Å². The molecule has 1 aliphatic rings. The minimum Gasteiger partial charge on any atom is -0.382 e. The Balaban J connectivity index is 1.45. The zero-order chi connectivity index (χ0) is 24.8. The van der Waals surface area contributed by atoms with Crippen molar-refractivity contribution in [1.82, 2.24) is 29.6 Å². The average Bonchev–Trinajstić information content (AvgIpc) is 3.58. The molecule has 1 aliphatic heterocycles. The van der Waals surface area contributed by atoms with E-state index in [-0.39, 0.29) is 17.9 Å². The number of pyridine rings is 1. The highest BCUT2D eigenvalue weighted by atomic mass is 16.2. The lowest BCUT2D eigenvalue weighted by atomic mass is 9.96. The van der Waals surface area contributed by atoms with Crippen LogP contribution in [0.25, 0.3) is 33.2 Å². The first kappa shape index (κ1) is 22.3. The fourth-order valence-electron chi connectivity index (χ4n) is 5.42. The van der Waals surface area contributed by atoms with Gasteiger partial charge in [0, 0.05) is 47.8 Å². The van der Waals surface area contributed by atoms with Crippen LogP contribution in [0.1, 0.15) is 54.8 Å². The molecule has 3 aromatic heterocycles. The Morgan fingerprint density at radius 3 is 2.69 bits per heavy atom. The summed E-state index contributed by atoms with van der Waals surface area (Å²) in [5, 5.41) is 8.18. The number of nitrogens with zero attached hydrogens (tertiary/aromatic N) is 5. The normalized spacial score (nSPS) is 16.3. The van der Waals surface area contributed by atoms with E-state index < -0.39 is 0 Å². The van der Waals surface area contributed by atoms with Gasteiger partial charge in [-0.2, -0.15) is 5.10 Å². The number of nitrogens with two attached hydrogens (primary N) is 1. The summed E-state index contributed by atoms with van der Waals surface area (Å²) in [6, 6.07) is 17.8. The number of anilines is 1. The van der Waals surface area contributed by atoms with E-state index >= 15 is 0 Å². The van der Waals surface area contributed by atoms with Crippen molar-refractivity contribution < 1.29 is 4.79 Å². The molecule has 4 heterocycles. The number of fused-ring (bicyclic) bond motifs is 3. The Labute approximate surface area is 209 Å². The number of piperidine rings is 1. The summed E-state index contributed by atoms with van der Waals surface area (Å²) in [4.78, 5) is 24.9. The van der Waals surface area contributed by atoms with E-state index in [2.05, 4.69) is 40.7 Å². The zero-order valence-electron chi connectivity index (χ0n) is 20.5. The number of amides is 1. The molecule has 36 heavy (non-hydrogen) atoms. The monoisotopic (exact) mass is 479 g/mol. The molecule has 6 rings (SSSR count). The van der Waals surface area contributed by atoms with Crippen molar-refractivity contribution in [3.63, 3.8) is 0 Å². The maximum absolute atomic E-state index is 13.2. The summed E-state index contributed by atoms with van der Waals surface area (Å²) in [7, 11) is 0. The highest BCUT2D eigenvalue weighted by Crippen LogP contribution is 2.37. The Morgan fingerprint density at radius 2 is 1.94 bits per heavy atom. The van der Waals surface area contributed by atoms with Crippen LogP contribution < -0.4 is 5.73 Å². The van der Waals surface area contributed by atoms with Crippen molar-refractivity contribution in [3.05, 3.63) is 72.2 Å². The molecule has 3 N–H and O–H groups in total. The average molecular weight is 480 g/mol. The summed E-state index contributed by atoms with van der Waals surface area (Å²) >= 11 is 0. The molecular weight excluding hydrogens is 450 g/mol. The van der Waals surface area contributed by atoms with Gasteiger partial charge in [0.25, 0.3) is 5.91 Å². The summed E-state index contributed by atoms with van der Waals surface area (Å²) < 4.78 is 2.30. The van der Waals surface area contributed by atoms with Crippen LogP contribution in [0.5, 0.6) is 0 Å². The molecule has 5 aromatic rings. The number of aromatic nitrogens is 5. The first-order chi connectivity index (χ1) is 17.5. The third-order valence-electron chi connectivity index (χ3n) is 7.08. The number of carbonyl (C=O) groups is 1. The Hall–Kier alpha value is -4.20. The number of rotatable bonds is 4. The van der Waals surface area contributed by atoms with Gasteiger partial charge in [-0.05, 0) is 57.0 Å². The summed E-state index contributed by atoms with van der Waals surface area (Å²) in [6.07, 6.45) is 3.72. The van der Waals surface area contributed by atoms with Crippen LogP contribution in [0, 0.1) is 0 Å². The van der Waals surface area contributed by atoms with Gasteiger partial charge in [-0.25, -0.2) is 9.97 Å². The molecule has 8 heteroatoms. The minimum absolute atomic E-state index is 0.0741. The molecule has 0 aliphatic carbocycles. The Bertz CT molecular complexity index is 1550. The van der Waals surface area contributed by atoms with E-state index in [1.165, 1.54) is 0 Å². The fourth-order valence-corrected chi connectivity index (χ4v) is 5.42. The van der Waals surface area contributed by atoms with E-state index in [4.69, 9.17) is 15.7 Å². The van der Waals surface area contributed by atoms with Gasteiger partial charge in [0.2, 0.25) is 0 Å². The second kappa shape index (κ2) is 8.78. The summed E-state index contributed by atoms with van der Waals surface area (Å²) in [6.45, 7) is 5.73. The number of carbonyl (C=O) groups excluding carboxylic acids is 1. The summed E-state index contributed by atoms with van der Waals surface area (Å²) in [5.41, 5.74) is 11.6. The predicted octanol–water partition coefficient (Wildman–Crippen LogP) is 5.16. The lowest BCUT2D eigenvalue weighted by Gasteiger charge is -2.33. The van der Waals surface area contributed by atoms with Gasteiger partial charge in [0.1, 0.15) is 11.3 Å². The van der Waals surface area contributed by atoms with Gasteiger partial charge < -0.3 is 15.2 Å². The fraction of sp³-hybridized carbons (Fsp3) is 0.286. The van der Waals surface area contributed by atoms with E-state index in [9.17, 15) is 4.79 Å². The van der Waals surface area contributed by atoms with E-state index in [1.807, 2.05) is 47.4 Å². The molecular formula is C28H29N7O. The predicted molar refractivity (Wildman–Crippen MR) is 142 cm³/mol. The molecule has 1 fully saturated rings. The molecule has 1 amide bonds. The van der Waals surface area contributed by atoms with Crippen molar-refractivity contribution in [2.24, 2.45) is 0 Å². The first-order valence-corrected chi connectivity index (χ1v) is 12.5. The highest BCUT2D eigenvalue weighted by molar-refractivity contribution is 6.07. The zero-order valence-corrected chi connectivity index (χ0v) is 20.5. The topological polar surface area (TPSA) is 106 Å². The van der Waals surface area contributed by atoms with Crippen LogP contribution in [-0.4, -0.2) is 48.6 Å². The molecule has 182 valence electrons. The van der Waals surface area contributed by atoms with Crippen LogP contribution >= 0.6 is 0 Å². The van der Waals surface area contributed by atoms with E-state index in [0.717, 1.165) is 64.0 Å². The number of H-pyrrole nitrogens is 1. The van der Waals surface area contributed by atoms with Gasteiger partial charge >= 0.3 is 0 Å². The van der Waals surface area contributed by atoms with Gasteiger partial charge in [0.05, 0.1) is 16.7 Å². The number of nitrogens with one attached hydrogen (secondary N) is 1. The number of likely N-dealkylation sites (tertiary alicyclic amines) is 1. The number of benzene rings is 2. The van der Waals surface area contributed by atoms with Crippen molar-refractivity contribution in [2.75, 3.05) is 18.8 Å². The Kier molecular flexibility index (Phi) is 5.44. The second-order valence-electron chi connectivity index (χ2n) is 9.78. The van der Waals surface area contributed by atoms with Crippen LogP contribution in [0.2, 0.25) is 0 Å². The van der Waals surface area contributed by atoms with Gasteiger partial charge in [-0.1, -0.05) is 24.3 Å². The van der Waals surface area contributed by atoms with Gasteiger partial charge in [0.15, 0.2) is 5.82 Å². The SMILES string of the molecule is CC(C)n1c([C@H]2CCCN(C(=O)c3ccccc3)C2)nc2c(N)nc3cc(-c4cc[nH]n4)ccc3c21. The lowest BCUT2D eigenvalue weighted by Crippen LogP contribution is -2.39. The van der Waals surface area contributed by atoms with Crippen molar-refractivity contribution in [2.45, 2.75) is 38.6 Å². The molecule has 0 radical (unpaired) electrons. The van der Waals surface area contributed by atoms with E-state index in [1.54, 1.807) is 6.20 Å². The van der Waals surface area contributed by atoms with Gasteiger partial charge in [-0.15, -0.1) is 0 Å². The van der Waals surface area contributed by atoms with Crippen LogP contribution in [0.4, 0.5) is 5.82 Å². The maximum atomic E-state index is 13.2. The lowest BCUT2D eigenvalue weighted by molar-refractivity contribution is 0.0703. The standard InChI is InChI=1S/C28H29N7O/c1-17(2)35-25-21-11-10-19(22-12-13-30-33-22)15-23(21)31-26(29)24(25)32-27(35)20-9-6-14-34(16-20)28(36)18-7-4-3-5-8-18/h3-5,7-8,10-13,15,17,20H,6,9,14,16H2,1-2H3,(H2,29,31)(H,30,33)/t20-/m0/s1. The molecule has 0 bridgehead atoms. The number of aromatic amines is 1. The molecule has 1 atom stereocenters. The summed E-state index contributed by atoms with van der Waals surface area (Å²) in [5.74, 6) is 1.59. The van der Waals surface area contributed by atoms with Crippen LogP contribution in [0.3, 0.4) is 0 Å². The molecule has 1 saturated heterocycles. The third kappa shape index (κ3) is 3.69. The Morgan fingerprint density at radius 1 is 1.11 bits per heavy atom. The maximum Gasteiger partial charge on any atom is 0.253 e. The number of imidazole rings is 1. The number of hydrogen-bond acceptors (Lipinski definition) is 5. The van der Waals surface area contributed by atoms with E-state index in [0.29, 0.717) is 12.4 Å². The molecule has 0 unspecified atom stereocenters. The van der Waals surface area contributed by atoms with Crippen molar-refractivity contribution >= 4 is 33.7 Å². The molecule has 2 aromatic carbocycles. The van der Waals surface area contributed by atoms with Gasteiger partial charge in [-0.3, -0.25) is 9.89 Å². The largest absolute Gasteiger partial charge is 0.382 e. The number of hydrogen-bond donors (Lipinski definition) is 2. The first-order valence-electron chi connectivity index (χ1n) is 12.5. The van der Waals surface area contributed by atoms with Crippen LogP contribution in [0.15, 0.2) is 60.8 Å². The second-order valence-corrected chi connectivity index (χ2v) is 9.78. The minimum atomic E-state index is 0.0741. The number of nitrogen functional groups attached to an aromatic ring is 1.